The zero-order valence-electron chi connectivity index (χ0n) is 8.35. The van der Waals surface area contributed by atoms with Crippen LogP contribution < -0.4 is 0 Å². The van der Waals surface area contributed by atoms with Crippen molar-refractivity contribution < 1.29 is 31.1 Å². The molecule has 0 aliphatic heterocycles. The van der Waals surface area contributed by atoms with E-state index < -0.39 is 25.1 Å². The van der Waals surface area contributed by atoms with E-state index in [2.05, 4.69) is 4.74 Å². The molecule has 0 fully saturated rings. The van der Waals surface area contributed by atoms with Crippen molar-refractivity contribution in [1.82, 2.24) is 0 Å². The molecule has 1 aromatic carbocycles. The van der Waals surface area contributed by atoms with E-state index in [0.717, 1.165) is 0 Å². The second kappa shape index (κ2) is 4.95. The van der Waals surface area contributed by atoms with Crippen LogP contribution in [0.4, 0.5) is 26.3 Å². The number of rotatable bonds is 4. The molecule has 0 aliphatic carbocycles. The number of hydrogen-bond donors (Lipinski definition) is 0. The number of ether oxygens (including phenoxy) is 1. The molecular weight excluding hydrogens is 250 g/mol. The zero-order chi connectivity index (χ0) is 13.1. The quantitative estimate of drug-likeness (QED) is 0.748. The van der Waals surface area contributed by atoms with Crippen LogP contribution in [0, 0.1) is 0 Å². The average molecular weight is 258 g/mol. The Morgan fingerprint density at radius 3 is 2.00 bits per heavy atom. The Kier molecular flexibility index (Phi) is 4.03. The fourth-order valence-corrected chi connectivity index (χ4v) is 1.02. The topological polar surface area (TPSA) is 9.23 Å². The van der Waals surface area contributed by atoms with Gasteiger partial charge in [0.05, 0.1) is 6.61 Å². The highest BCUT2D eigenvalue weighted by atomic mass is 19.4. The van der Waals surface area contributed by atoms with Crippen LogP contribution in [0.15, 0.2) is 30.3 Å². The molecular formula is C10H8F6O. The van der Waals surface area contributed by atoms with Crippen molar-refractivity contribution >= 4 is 0 Å². The minimum atomic E-state index is -5.65. The van der Waals surface area contributed by atoms with Crippen LogP contribution in [-0.4, -0.2) is 18.5 Å². The molecule has 17 heavy (non-hydrogen) atoms. The van der Waals surface area contributed by atoms with Gasteiger partial charge < -0.3 is 4.74 Å². The number of benzene rings is 1. The molecule has 0 aromatic heterocycles. The molecule has 0 heterocycles. The lowest BCUT2D eigenvalue weighted by molar-refractivity contribution is -0.339. The van der Waals surface area contributed by atoms with Gasteiger partial charge in [-0.25, -0.2) is 4.39 Å². The molecule has 0 radical (unpaired) electrons. The van der Waals surface area contributed by atoms with Gasteiger partial charge in [0.1, 0.15) is 0 Å². The van der Waals surface area contributed by atoms with Gasteiger partial charge >= 0.3 is 12.3 Å². The predicted molar refractivity (Wildman–Crippen MR) is 47.1 cm³/mol. The van der Waals surface area contributed by atoms with Gasteiger partial charge in [-0.1, -0.05) is 30.3 Å². The largest absolute Gasteiger partial charge is 0.428 e. The van der Waals surface area contributed by atoms with Gasteiger partial charge in [-0.3, -0.25) is 0 Å². The highest BCUT2D eigenvalue weighted by Gasteiger charge is 2.58. The third-order valence-corrected chi connectivity index (χ3v) is 1.86. The first-order valence-electron chi connectivity index (χ1n) is 4.50. The van der Waals surface area contributed by atoms with Crippen LogP contribution in [0.2, 0.25) is 0 Å². The van der Waals surface area contributed by atoms with Gasteiger partial charge in [-0.15, -0.1) is 0 Å². The van der Waals surface area contributed by atoms with Crippen molar-refractivity contribution in [3.05, 3.63) is 35.9 Å². The summed E-state index contributed by atoms with van der Waals surface area (Å²) in [6.07, 6.45) is -14.9. The molecule has 96 valence electrons. The second-order valence-electron chi connectivity index (χ2n) is 3.24. The van der Waals surface area contributed by atoms with Crippen molar-refractivity contribution in [2.24, 2.45) is 0 Å². The third kappa shape index (κ3) is 3.92. The Morgan fingerprint density at radius 1 is 1.00 bits per heavy atom. The molecule has 0 saturated heterocycles. The van der Waals surface area contributed by atoms with Gasteiger partial charge in [-0.05, 0) is 5.56 Å². The van der Waals surface area contributed by atoms with E-state index in [1.54, 1.807) is 6.07 Å². The van der Waals surface area contributed by atoms with Crippen molar-refractivity contribution in [3.8, 4) is 0 Å². The van der Waals surface area contributed by atoms with E-state index >= 15 is 0 Å². The van der Waals surface area contributed by atoms with Crippen molar-refractivity contribution in [2.45, 2.75) is 25.1 Å². The SMILES string of the molecule is FC(C(F)(F)F)C(F)(F)OCc1ccccc1. The molecule has 0 spiro atoms. The first-order valence-corrected chi connectivity index (χ1v) is 4.50. The highest BCUT2D eigenvalue weighted by Crippen LogP contribution is 2.36. The summed E-state index contributed by atoms with van der Waals surface area (Å²) in [5, 5.41) is 0. The second-order valence-corrected chi connectivity index (χ2v) is 3.24. The van der Waals surface area contributed by atoms with E-state index in [9.17, 15) is 26.3 Å². The maximum absolute atomic E-state index is 12.7. The molecule has 1 nitrogen and oxygen atoms in total. The first-order chi connectivity index (χ1) is 7.73. The minimum absolute atomic E-state index is 0.224. The summed E-state index contributed by atoms with van der Waals surface area (Å²) < 4.78 is 76.6. The van der Waals surface area contributed by atoms with E-state index in [1.807, 2.05) is 0 Å². The molecule has 1 rings (SSSR count). The molecule has 0 N–H and O–H groups in total. The van der Waals surface area contributed by atoms with Crippen LogP contribution in [-0.2, 0) is 11.3 Å². The third-order valence-electron chi connectivity index (χ3n) is 1.86. The average Bonchev–Trinajstić information content (AvgIpc) is 2.26. The summed E-state index contributed by atoms with van der Waals surface area (Å²) in [5.74, 6) is 0. The summed E-state index contributed by atoms with van der Waals surface area (Å²) in [6, 6.07) is 7.32. The van der Waals surface area contributed by atoms with Gasteiger partial charge in [0.15, 0.2) is 0 Å². The lowest BCUT2D eigenvalue weighted by atomic mass is 10.2. The molecule has 0 aliphatic rings. The van der Waals surface area contributed by atoms with Crippen LogP contribution >= 0.6 is 0 Å². The lowest BCUT2D eigenvalue weighted by Crippen LogP contribution is -2.43. The standard InChI is InChI=1S/C10H8F6O/c11-8(9(12,13)14)10(15,16)17-6-7-4-2-1-3-5-7/h1-5,8H,6H2. The summed E-state index contributed by atoms with van der Waals surface area (Å²) in [5.41, 5.74) is 0.224. The van der Waals surface area contributed by atoms with E-state index in [-0.39, 0.29) is 5.56 Å². The fourth-order valence-electron chi connectivity index (χ4n) is 1.02. The van der Waals surface area contributed by atoms with E-state index in [1.165, 1.54) is 24.3 Å². The van der Waals surface area contributed by atoms with E-state index in [4.69, 9.17) is 0 Å². The Morgan fingerprint density at radius 2 is 1.53 bits per heavy atom. The molecule has 0 bridgehead atoms. The Labute approximate surface area is 93.0 Å². The van der Waals surface area contributed by atoms with Gasteiger partial charge in [0, 0.05) is 0 Å². The van der Waals surface area contributed by atoms with Crippen molar-refractivity contribution in [2.75, 3.05) is 0 Å². The molecule has 7 heteroatoms. The van der Waals surface area contributed by atoms with Gasteiger partial charge in [0.25, 0.3) is 6.17 Å². The monoisotopic (exact) mass is 258 g/mol. The predicted octanol–water partition coefficient (Wildman–Crippen LogP) is 3.70. The Bertz CT molecular complexity index is 348. The Hall–Kier alpha value is -1.24. The number of alkyl halides is 6. The van der Waals surface area contributed by atoms with E-state index in [0.29, 0.717) is 0 Å². The van der Waals surface area contributed by atoms with Gasteiger partial charge in [-0.2, -0.15) is 22.0 Å². The summed E-state index contributed by atoms with van der Waals surface area (Å²) >= 11 is 0. The Balaban J connectivity index is 2.62. The number of halogens is 6. The van der Waals surface area contributed by atoms with Crippen LogP contribution in [0.1, 0.15) is 5.56 Å². The van der Waals surface area contributed by atoms with Crippen molar-refractivity contribution in [1.29, 1.82) is 0 Å². The lowest BCUT2D eigenvalue weighted by Gasteiger charge is -2.22. The van der Waals surface area contributed by atoms with Crippen LogP contribution in [0.3, 0.4) is 0 Å². The first kappa shape index (κ1) is 13.8. The molecule has 0 saturated carbocycles. The zero-order valence-corrected chi connectivity index (χ0v) is 8.35. The smallest absolute Gasteiger partial charge is 0.313 e. The maximum atomic E-state index is 12.7. The summed E-state index contributed by atoms with van der Waals surface area (Å²) in [6.45, 7) is -0.801. The number of hydrogen-bond acceptors (Lipinski definition) is 1. The van der Waals surface area contributed by atoms with Crippen molar-refractivity contribution in [3.63, 3.8) is 0 Å². The maximum Gasteiger partial charge on any atom is 0.428 e. The fraction of sp³-hybridized carbons (Fsp3) is 0.400. The molecule has 0 amide bonds. The normalized spacial score (nSPS) is 14.7. The summed E-state index contributed by atoms with van der Waals surface area (Å²) in [7, 11) is 0. The van der Waals surface area contributed by atoms with Crippen LogP contribution in [0.25, 0.3) is 0 Å². The molecule has 1 atom stereocenters. The van der Waals surface area contributed by atoms with Crippen LogP contribution in [0.5, 0.6) is 0 Å². The summed E-state index contributed by atoms with van der Waals surface area (Å²) in [4.78, 5) is 0. The molecule has 1 unspecified atom stereocenters. The minimum Gasteiger partial charge on any atom is -0.313 e. The molecule has 1 aromatic rings. The highest BCUT2D eigenvalue weighted by molar-refractivity contribution is 5.13. The van der Waals surface area contributed by atoms with Gasteiger partial charge in [0.2, 0.25) is 0 Å².